The predicted octanol–water partition coefficient (Wildman–Crippen LogP) is 3.72. The maximum absolute atomic E-state index is 6.16. The van der Waals surface area contributed by atoms with E-state index in [4.69, 9.17) is 28.9 Å². The summed E-state index contributed by atoms with van der Waals surface area (Å²) < 4.78 is 0. The molecule has 0 aliphatic carbocycles. The number of nitrogens with two attached hydrogens (primary N) is 1. The third-order valence-corrected chi connectivity index (χ3v) is 4.38. The molecule has 2 rings (SSSR count). The van der Waals surface area contributed by atoms with E-state index < -0.39 is 0 Å². The molecular weight excluding hydrogens is 281 g/mol. The number of benzene rings is 1. The summed E-state index contributed by atoms with van der Waals surface area (Å²) in [6.45, 7) is 6.65. The van der Waals surface area contributed by atoms with Crippen molar-refractivity contribution in [3.8, 4) is 0 Å². The Hall–Kier alpha value is -0.640. The molecule has 3 nitrogen and oxygen atoms in total. The van der Waals surface area contributed by atoms with Crippen molar-refractivity contribution < 1.29 is 0 Å². The van der Waals surface area contributed by atoms with Crippen molar-refractivity contribution in [2.75, 3.05) is 37.2 Å². The maximum Gasteiger partial charge on any atom is 0.0720 e. The van der Waals surface area contributed by atoms with Crippen molar-refractivity contribution in [2.45, 2.75) is 19.8 Å². The molecule has 106 valence electrons. The van der Waals surface area contributed by atoms with Gasteiger partial charge in [-0.3, -0.25) is 0 Å². The van der Waals surface area contributed by atoms with Crippen molar-refractivity contribution in [1.82, 2.24) is 4.90 Å². The van der Waals surface area contributed by atoms with Gasteiger partial charge in [-0.05, 0) is 50.5 Å². The molecule has 1 aliphatic rings. The van der Waals surface area contributed by atoms with Gasteiger partial charge in [-0.1, -0.05) is 30.1 Å². The molecule has 3 N–H and O–H groups in total. The van der Waals surface area contributed by atoms with Crippen LogP contribution in [0.1, 0.15) is 19.8 Å². The van der Waals surface area contributed by atoms with E-state index in [0.29, 0.717) is 21.7 Å². The first-order chi connectivity index (χ1) is 9.10. The summed E-state index contributed by atoms with van der Waals surface area (Å²) in [6, 6.07) is 3.46. The minimum atomic E-state index is 0.594. The highest BCUT2D eigenvalue weighted by molar-refractivity contribution is 6.39. The summed E-state index contributed by atoms with van der Waals surface area (Å²) in [6.07, 6.45) is 2.45. The molecule has 0 bridgehead atoms. The zero-order valence-corrected chi connectivity index (χ0v) is 12.8. The molecule has 0 unspecified atom stereocenters. The van der Waals surface area contributed by atoms with Crippen molar-refractivity contribution in [1.29, 1.82) is 0 Å². The first kappa shape index (κ1) is 14.8. The van der Waals surface area contributed by atoms with E-state index in [1.54, 1.807) is 12.1 Å². The van der Waals surface area contributed by atoms with Crippen LogP contribution in [0, 0.1) is 5.92 Å². The number of nitrogens with one attached hydrogen (secondary N) is 1. The van der Waals surface area contributed by atoms with Crippen molar-refractivity contribution in [3.63, 3.8) is 0 Å². The highest BCUT2D eigenvalue weighted by atomic mass is 35.5. The fourth-order valence-corrected chi connectivity index (χ4v) is 3.15. The van der Waals surface area contributed by atoms with Crippen LogP contribution in [0.4, 0.5) is 11.4 Å². The summed E-state index contributed by atoms with van der Waals surface area (Å²) in [5.74, 6) is 0.687. The highest BCUT2D eigenvalue weighted by Gasteiger charge is 2.18. The van der Waals surface area contributed by atoms with E-state index >= 15 is 0 Å². The molecular formula is C14H21Cl2N3. The first-order valence-corrected chi connectivity index (χ1v) is 7.56. The number of hydrogen-bond acceptors (Lipinski definition) is 3. The smallest absolute Gasteiger partial charge is 0.0720 e. The van der Waals surface area contributed by atoms with Gasteiger partial charge in [0.05, 0.1) is 15.7 Å². The van der Waals surface area contributed by atoms with Gasteiger partial charge in [-0.15, -0.1) is 0 Å². The highest BCUT2D eigenvalue weighted by Crippen LogP contribution is 2.33. The first-order valence-electron chi connectivity index (χ1n) is 6.81. The Morgan fingerprint density at radius 2 is 1.84 bits per heavy atom. The van der Waals surface area contributed by atoms with Gasteiger partial charge in [0, 0.05) is 12.2 Å². The van der Waals surface area contributed by atoms with Crippen LogP contribution >= 0.6 is 23.2 Å². The van der Waals surface area contributed by atoms with E-state index in [-0.39, 0.29) is 0 Å². The Balaban J connectivity index is 1.89. The van der Waals surface area contributed by atoms with Crippen LogP contribution in [0.25, 0.3) is 0 Å². The topological polar surface area (TPSA) is 41.3 Å². The number of likely N-dealkylation sites (tertiary alicyclic amines) is 1. The summed E-state index contributed by atoms with van der Waals surface area (Å²) in [5.41, 5.74) is 7.09. The van der Waals surface area contributed by atoms with Gasteiger partial charge in [0.25, 0.3) is 0 Å². The van der Waals surface area contributed by atoms with Crippen LogP contribution in [0.5, 0.6) is 0 Å². The third-order valence-electron chi connectivity index (χ3n) is 3.79. The molecule has 1 fully saturated rings. The third kappa shape index (κ3) is 3.91. The Kier molecular flexibility index (Phi) is 5.20. The minimum absolute atomic E-state index is 0.594. The fourth-order valence-electron chi connectivity index (χ4n) is 2.51. The van der Waals surface area contributed by atoms with Gasteiger partial charge in [0.2, 0.25) is 0 Å². The summed E-state index contributed by atoms with van der Waals surface area (Å²) in [4.78, 5) is 2.49. The molecule has 1 saturated heterocycles. The summed E-state index contributed by atoms with van der Waals surface area (Å²) in [7, 11) is 0. The number of nitrogen functional groups attached to an aromatic ring is 1. The molecule has 0 amide bonds. The second-order valence-electron chi connectivity index (χ2n) is 5.12. The van der Waals surface area contributed by atoms with Crippen LogP contribution in [0.3, 0.4) is 0 Å². The molecule has 0 radical (unpaired) electrons. The zero-order chi connectivity index (χ0) is 13.8. The van der Waals surface area contributed by atoms with E-state index in [2.05, 4.69) is 17.1 Å². The van der Waals surface area contributed by atoms with Crippen LogP contribution in [-0.2, 0) is 0 Å². The van der Waals surface area contributed by atoms with Gasteiger partial charge < -0.3 is 16.0 Å². The summed E-state index contributed by atoms with van der Waals surface area (Å²) >= 11 is 12.3. The monoisotopic (exact) mass is 301 g/mol. The Morgan fingerprint density at radius 1 is 1.26 bits per heavy atom. The molecule has 0 aromatic heterocycles. The van der Waals surface area contributed by atoms with E-state index in [0.717, 1.165) is 18.8 Å². The average Bonchev–Trinajstić information content (AvgIpc) is 2.38. The molecule has 0 saturated carbocycles. The molecule has 19 heavy (non-hydrogen) atoms. The summed E-state index contributed by atoms with van der Waals surface area (Å²) in [5, 5.41) is 4.56. The number of halogens is 2. The van der Waals surface area contributed by atoms with E-state index in [9.17, 15) is 0 Å². The lowest BCUT2D eigenvalue weighted by molar-refractivity contribution is 0.198. The number of nitrogens with zero attached hydrogens (tertiary/aromatic N) is 1. The van der Waals surface area contributed by atoms with Gasteiger partial charge in [-0.25, -0.2) is 0 Å². The molecule has 5 heteroatoms. The van der Waals surface area contributed by atoms with Crippen molar-refractivity contribution in [2.24, 2.45) is 5.92 Å². The fraction of sp³-hybridized carbons (Fsp3) is 0.571. The van der Waals surface area contributed by atoms with E-state index in [1.165, 1.54) is 25.9 Å². The van der Waals surface area contributed by atoms with Crippen molar-refractivity contribution in [3.05, 3.63) is 22.2 Å². The van der Waals surface area contributed by atoms with Crippen LogP contribution in [0.2, 0.25) is 10.0 Å². The molecule has 1 aliphatic heterocycles. The largest absolute Gasteiger partial charge is 0.399 e. The predicted molar refractivity (Wildman–Crippen MR) is 84.2 cm³/mol. The minimum Gasteiger partial charge on any atom is -0.399 e. The molecule has 0 spiro atoms. The van der Waals surface area contributed by atoms with Crippen LogP contribution in [0.15, 0.2) is 12.1 Å². The Bertz CT molecular complexity index is 406. The van der Waals surface area contributed by atoms with Gasteiger partial charge in [-0.2, -0.15) is 0 Å². The Morgan fingerprint density at radius 3 is 2.37 bits per heavy atom. The Labute approximate surface area is 125 Å². The van der Waals surface area contributed by atoms with E-state index in [1.807, 2.05) is 0 Å². The maximum atomic E-state index is 6.16. The lowest BCUT2D eigenvalue weighted by atomic mass is 9.97. The van der Waals surface area contributed by atoms with Crippen LogP contribution in [-0.4, -0.2) is 31.1 Å². The lowest BCUT2D eigenvalue weighted by Gasteiger charge is -2.31. The number of anilines is 2. The number of hydrogen-bond donors (Lipinski definition) is 2. The molecule has 1 aromatic carbocycles. The quantitative estimate of drug-likeness (QED) is 0.833. The standard InChI is InChI=1S/C14H21Cl2N3/c1-2-19-5-3-10(4-6-19)9-18-14-12(15)7-11(17)8-13(14)16/h7-8,10,18H,2-6,9,17H2,1H3. The normalized spacial score (nSPS) is 17.6. The lowest BCUT2D eigenvalue weighted by Crippen LogP contribution is -2.35. The SMILES string of the molecule is CCN1CCC(CNc2c(Cl)cc(N)cc2Cl)CC1. The molecule has 0 atom stereocenters. The second kappa shape index (κ2) is 6.69. The molecule has 1 aromatic rings. The van der Waals surface area contributed by atoms with Gasteiger partial charge in [0.1, 0.15) is 0 Å². The number of piperidine rings is 1. The van der Waals surface area contributed by atoms with Gasteiger partial charge >= 0.3 is 0 Å². The molecule has 1 heterocycles. The second-order valence-corrected chi connectivity index (χ2v) is 5.93. The average molecular weight is 302 g/mol. The van der Waals surface area contributed by atoms with Crippen molar-refractivity contribution >= 4 is 34.6 Å². The van der Waals surface area contributed by atoms with Crippen LogP contribution < -0.4 is 11.1 Å². The van der Waals surface area contributed by atoms with Gasteiger partial charge in [0.15, 0.2) is 0 Å². The zero-order valence-electron chi connectivity index (χ0n) is 11.3. The number of rotatable bonds is 4.